The number of benzene rings is 1. The number of carbonyl (C=O) groups excluding carboxylic acids is 1. The topological polar surface area (TPSA) is 29.5 Å². The van der Waals surface area contributed by atoms with E-state index < -0.39 is 5.38 Å². The molecule has 0 saturated heterocycles. The minimum atomic E-state index is -0.530. The van der Waals surface area contributed by atoms with E-state index in [0.29, 0.717) is 12.5 Å². The van der Waals surface area contributed by atoms with Crippen LogP contribution in [-0.2, 0) is 4.79 Å². The molecule has 0 bridgehead atoms. The highest BCUT2D eigenvalue weighted by Crippen LogP contribution is 2.45. The summed E-state index contributed by atoms with van der Waals surface area (Å²) in [6, 6.07) is 5.96. The van der Waals surface area contributed by atoms with E-state index in [4.69, 9.17) is 16.3 Å². The Balaban J connectivity index is 2.52. The van der Waals surface area contributed by atoms with E-state index in [1.807, 2.05) is 24.0 Å². The van der Waals surface area contributed by atoms with Crippen molar-refractivity contribution in [2.75, 3.05) is 11.5 Å². The number of nitrogens with zero attached hydrogens (tertiary/aromatic N) is 1. The zero-order valence-electron chi connectivity index (χ0n) is 13.4. The molecule has 4 heteroatoms. The second-order valence-electron chi connectivity index (χ2n) is 6.36. The zero-order chi connectivity index (χ0) is 15.8. The highest BCUT2D eigenvalue weighted by atomic mass is 35.5. The summed E-state index contributed by atoms with van der Waals surface area (Å²) in [5.74, 6) is 1.19. The molecule has 0 N–H and O–H groups in total. The lowest BCUT2D eigenvalue weighted by molar-refractivity contribution is -0.119. The summed E-state index contributed by atoms with van der Waals surface area (Å²) >= 11 is 6.06. The molecule has 0 fully saturated rings. The van der Waals surface area contributed by atoms with Gasteiger partial charge in [0.05, 0.1) is 6.61 Å². The molecule has 1 aliphatic rings. The maximum absolute atomic E-state index is 12.6. The standard InChI is InChI=1S/C17H24ClNO2/c1-6-21-13-7-8-15-14(9-13)11(2)10-17(4,5)19(15)16(20)12(3)18/h7-9,11-12H,6,10H2,1-5H3/t11-,12-/m1/s1. The molecular weight excluding hydrogens is 286 g/mol. The number of ether oxygens (including phenoxy) is 1. The van der Waals surface area contributed by atoms with Crippen molar-refractivity contribution < 1.29 is 9.53 Å². The lowest BCUT2D eigenvalue weighted by Gasteiger charge is -2.46. The number of halogens is 1. The van der Waals surface area contributed by atoms with Crippen LogP contribution in [0.15, 0.2) is 18.2 Å². The molecule has 1 aromatic rings. The molecular formula is C17H24ClNO2. The van der Waals surface area contributed by atoms with Gasteiger partial charge in [-0.15, -0.1) is 11.6 Å². The summed E-state index contributed by atoms with van der Waals surface area (Å²) in [7, 11) is 0. The Morgan fingerprint density at radius 1 is 1.52 bits per heavy atom. The maximum atomic E-state index is 12.6. The maximum Gasteiger partial charge on any atom is 0.245 e. The fourth-order valence-corrected chi connectivity index (χ4v) is 3.36. The Morgan fingerprint density at radius 2 is 2.19 bits per heavy atom. The predicted octanol–water partition coefficient (Wildman–Crippen LogP) is 4.33. The molecule has 116 valence electrons. The van der Waals surface area contributed by atoms with Gasteiger partial charge < -0.3 is 9.64 Å². The smallest absolute Gasteiger partial charge is 0.245 e. The van der Waals surface area contributed by atoms with Gasteiger partial charge in [0.1, 0.15) is 11.1 Å². The van der Waals surface area contributed by atoms with Gasteiger partial charge in [-0.25, -0.2) is 0 Å². The highest BCUT2D eigenvalue weighted by Gasteiger charge is 2.41. The fourth-order valence-electron chi connectivity index (χ4n) is 3.26. The fraction of sp³-hybridized carbons (Fsp3) is 0.588. The van der Waals surface area contributed by atoms with E-state index >= 15 is 0 Å². The second kappa shape index (κ2) is 5.88. The summed E-state index contributed by atoms with van der Waals surface area (Å²) in [5.41, 5.74) is 1.88. The van der Waals surface area contributed by atoms with Crippen LogP contribution >= 0.6 is 11.6 Å². The highest BCUT2D eigenvalue weighted by molar-refractivity contribution is 6.32. The van der Waals surface area contributed by atoms with Gasteiger partial charge in [0.2, 0.25) is 5.91 Å². The lowest BCUT2D eigenvalue weighted by atomic mass is 9.80. The van der Waals surface area contributed by atoms with Crippen molar-refractivity contribution in [3.05, 3.63) is 23.8 Å². The number of anilines is 1. The minimum absolute atomic E-state index is 0.0426. The van der Waals surface area contributed by atoms with E-state index in [0.717, 1.165) is 23.4 Å². The Bertz CT molecular complexity index is 540. The molecule has 2 atom stereocenters. The van der Waals surface area contributed by atoms with Crippen LogP contribution in [0.25, 0.3) is 0 Å². The van der Waals surface area contributed by atoms with Gasteiger partial charge in [-0.1, -0.05) is 6.92 Å². The molecule has 21 heavy (non-hydrogen) atoms. The van der Waals surface area contributed by atoms with E-state index in [9.17, 15) is 4.79 Å². The number of amides is 1. The first-order valence-corrected chi connectivity index (χ1v) is 7.96. The van der Waals surface area contributed by atoms with Crippen LogP contribution in [0.4, 0.5) is 5.69 Å². The van der Waals surface area contributed by atoms with E-state index in [-0.39, 0.29) is 11.4 Å². The van der Waals surface area contributed by atoms with Crippen molar-refractivity contribution in [3.8, 4) is 5.75 Å². The summed E-state index contributed by atoms with van der Waals surface area (Å²) in [6.07, 6.45) is 0.908. The largest absolute Gasteiger partial charge is 0.494 e. The van der Waals surface area contributed by atoms with Gasteiger partial charge in [-0.2, -0.15) is 0 Å². The summed E-state index contributed by atoms with van der Waals surface area (Å²) in [5, 5.41) is -0.530. The normalized spacial score (nSPS) is 21.6. The van der Waals surface area contributed by atoms with Gasteiger partial charge in [0, 0.05) is 11.2 Å². The predicted molar refractivity (Wildman–Crippen MR) is 87.5 cm³/mol. The number of hydrogen-bond acceptors (Lipinski definition) is 2. The van der Waals surface area contributed by atoms with E-state index in [1.54, 1.807) is 6.92 Å². The number of hydrogen-bond donors (Lipinski definition) is 0. The quantitative estimate of drug-likeness (QED) is 0.778. The summed E-state index contributed by atoms with van der Waals surface area (Å²) in [6.45, 7) is 10.7. The molecule has 3 nitrogen and oxygen atoms in total. The summed E-state index contributed by atoms with van der Waals surface area (Å²) < 4.78 is 5.59. The number of rotatable bonds is 3. The Morgan fingerprint density at radius 3 is 2.76 bits per heavy atom. The number of alkyl halides is 1. The van der Waals surface area contributed by atoms with Gasteiger partial charge in [-0.3, -0.25) is 4.79 Å². The summed E-state index contributed by atoms with van der Waals surface area (Å²) in [4.78, 5) is 14.4. The van der Waals surface area contributed by atoms with Crippen LogP contribution in [0.3, 0.4) is 0 Å². The first kappa shape index (κ1) is 16.2. The minimum Gasteiger partial charge on any atom is -0.494 e. The first-order valence-electron chi connectivity index (χ1n) is 7.52. The average Bonchev–Trinajstić information content (AvgIpc) is 2.38. The molecule has 1 aliphatic heterocycles. The lowest BCUT2D eigenvalue weighted by Crippen LogP contribution is -2.53. The Hall–Kier alpha value is -1.22. The van der Waals surface area contributed by atoms with Gasteiger partial charge >= 0.3 is 0 Å². The number of fused-ring (bicyclic) bond motifs is 1. The van der Waals surface area contributed by atoms with Crippen molar-refractivity contribution >= 4 is 23.2 Å². The van der Waals surface area contributed by atoms with E-state index in [1.165, 1.54) is 0 Å². The number of carbonyl (C=O) groups is 1. The molecule has 1 amide bonds. The molecule has 1 aromatic carbocycles. The van der Waals surface area contributed by atoms with Gasteiger partial charge in [0.25, 0.3) is 0 Å². The van der Waals surface area contributed by atoms with E-state index in [2.05, 4.69) is 26.8 Å². The average molecular weight is 310 g/mol. The molecule has 0 aliphatic carbocycles. The monoisotopic (exact) mass is 309 g/mol. The van der Waals surface area contributed by atoms with Crippen LogP contribution in [0.1, 0.15) is 52.5 Å². The molecule has 0 saturated carbocycles. The first-order chi connectivity index (χ1) is 9.77. The van der Waals surface area contributed by atoms with Crippen molar-refractivity contribution in [3.63, 3.8) is 0 Å². The van der Waals surface area contributed by atoms with Crippen LogP contribution in [0.5, 0.6) is 5.75 Å². The molecule has 0 radical (unpaired) electrons. The molecule has 0 aromatic heterocycles. The van der Waals surface area contributed by atoms with Crippen LogP contribution in [0, 0.1) is 0 Å². The van der Waals surface area contributed by atoms with Crippen molar-refractivity contribution in [2.24, 2.45) is 0 Å². The van der Waals surface area contributed by atoms with Crippen LogP contribution < -0.4 is 9.64 Å². The second-order valence-corrected chi connectivity index (χ2v) is 7.02. The molecule has 1 heterocycles. The Labute approximate surface area is 132 Å². The van der Waals surface area contributed by atoms with Crippen molar-refractivity contribution in [1.82, 2.24) is 0 Å². The third kappa shape index (κ3) is 3.03. The van der Waals surface area contributed by atoms with Gasteiger partial charge in [-0.05, 0) is 63.8 Å². The van der Waals surface area contributed by atoms with Crippen LogP contribution in [-0.4, -0.2) is 23.4 Å². The van der Waals surface area contributed by atoms with Crippen molar-refractivity contribution in [1.29, 1.82) is 0 Å². The zero-order valence-corrected chi connectivity index (χ0v) is 14.2. The van der Waals surface area contributed by atoms with Crippen LogP contribution in [0.2, 0.25) is 0 Å². The third-order valence-corrected chi connectivity index (χ3v) is 4.24. The van der Waals surface area contributed by atoms with Crippen molar-refractivity contribution in [2.45, 2.75) is 57.9 Å². The molecule has 0 spiro atoms. The Kier molecular flexibility index (Phi) is 4.52. The SMILES string of the molecule is CCOc1ccc2c(c1)[C@H](C)CC(C)(C)N2C(=O)[C@@H](C)Cl. The molecule has 2 rings (SSSR count). The third-order valence-electron chi connectivity index (χ3n) is 4.05. The van der Waals surface area contributed by atoms with Gasteiger partial charge in [0.15, 0.2) is 0 Å². The molecule has 0 unspecified atom stereocenters.